The zero-order valence-electron chi connectivity index (χ0n) is 28.5. The summed E-state index contributed by atoms with van der Waals surface area (Å²) in [6.45, 7) is 8.81. The minimum Gasteiger partial charge on any atom is -0.463 e. The van der Waals surface area contributed by atoms with Gasteiger partial charge in [0.2, 0.25) is 0 Å². The average Bonchev–Trinajstić information content (AvgIpc) is 3.13. The molecular weight excluding hydrogens is 680 g/mol. The normalized spacial score (nSPS) is 10.2. The first-order valence-electron chi connectivity index (χ1n) is 16.1. The fraction of sp³-hybridized carbons (Fsp3) is 0.263. The number of benzene rings is 3. The van der Waals surface area contributed by atoms with Gasteiger partial charge in [-0.1, -0.05) is 25.3 Å². The number of rotatable bonds is 19. The van der Waals surface area contributed by atoms with Gasteiger partial charge in [-0.25, -0.2) is 24.0 Å². The molecule has 0 heterocycles. The van der Waals surface area contributed by atoms with Gasteiger partial charge in [0.05, 0.1) is 38.4 Å². The molecule has 3 rings (SSSR count). The Morgan fingerprint density at radius 3 is 1.50 bits per heavy atom. The molecule has 0 aliphatic carbocycles. The van der Waals surface area contributed by atoms with Crippen molar-refractivity contribution in [2.24, 2.45) is 0 Å². The lowest BCUT2D eigenvalue weighted by Gasteiger charge is -2.11. The van der Waals surface area contributed by atoms with E-state index in [4.69, 9.17) is 37.9 Å². The van der Waals surface area contributed by atoms with Gasteiger partial charge in [0.1, 0.15) is 23.0 Å². The van der Waals surface area contributed by atoms with E-state index >= 15 is 0 Å². The van der Waals surface area contributed by atoms with Crippen molar-refractivity contribution < 1.29 is 66.7 Å². The first kappa shape index (κ1) is 40.0. The predicted octanol–water partition coefficient (Wildman–Crippen LogP) is 6.41. The quantitative estimate of drug-likeness (QED) is 0.0332. The van der Waals surface area contributed by atoms with Gasteiger partial charge >= 0.3 is 36.2 Å². The molecule has 14 nitrogen and oxygen atoms in total. The van der Waals surface area contributed by atoms with Gasteiger partial charge in [0.15, 0.2) is 0 Å². The van der Waals surface area contributed by atoms with Crippen LogP contribution in [0.3, 0.4) is 0 Å². The lowest BCUT2D eigenvalue weighted by molar-refractivity contribution is -0.138. The molecule has 274 valence electrons. The third kappa shape index (κ3) is 15.0. The average molecular weight is 719 g/mol. The number of aryl methyl sites for hydroxylation is 1. The molecule has 0 N–H and O–H groups in total. The largest absolute Gasteiger partial charge is 0.513 e. The minimum atomic E-state index is -0.923. The fourth-order valence-corrected chi connectivity index (χ4v) is 4.06. The monoisotopic (exact) mass is 718 g/mol. The van der Waals surface area contributed by atoms with Gasteiger partial charge in [0.25, 0.3) is 0 Å². The molecule has 14 heteroatoms. The number of carbonyl (C=O) groups excluding carboxylic acids is 6. The van der Waals surface area contributed by atoms with Crippen LogP contribution < -0.4 is 18.9 Å². The summed E-state index contributed by atoms with van der Waals surface area (Å²) in [4.78, 5) is 71.0. The number of unbranched alkanes of at least 4 members (excludes halogenated alkanes) is 2. The van der Waals surface area contributed by atoms with E-state index in [0.717, 1.165) is 12.2 Å². The van der Waals surface area contributed by atoms with E-state index in [-0.39, 0.29) is 61.4 Å². The maximum atomic E-state index is 12.7. The Labute approximate surface area is 299 Å². The van der Waals surface area contributed by atoms with E-state index in [0.29, 0.717) is 36.8 Å². The lowest BCUT2D eigenvalue weighted by Crippen LogP contribution is -2.13. The van der Waals surface area contributed by atoms with Crippen LogP contribution in [-0.2, 0) is 39.8 Å². The SMILES string of the molecule is C=CC(=O)OCCCCOC(=O)Oc1ccc(CC(=O)Oc2ccc(OC(=O)c3ccc(OC(=O)OCCCCOC(=O)C=C)cc3)cc2C)cc1. The van der Waals surface area contributed by atoms with Crippen LogP contribution in [0.1, 0.15) is 47.2 Å². The summed E-state index contributed by atoms with van der Waals surface area (Å²) >= 11 is 0. The maximum Gasteiger partial charge on any atom is 0.513 e. The summed E-state index contributed by atoms with van der Waals surface area (Å²) in [6.07, 6.45) is 2.19. The van der Waals surface area contributed by atoms with Crippen LogP contribution in [0.4, 0.5) is 9.59 Å². The van der Waals surface area contributed by atoms with Crippen molar-refractivity contribution in [2.45, 2.75) is 39.0 Å². The van der Waals surface area contributed by atoms with E-state index in [1.54, 1.807) is 25.1 Å². The Kier molecular flexibility index (Phi) is 16.6. The van der Waals surface area contributed by atoms with Crippen LogP contribution >= 0.6 is 0 Å². The van der Waals surface area contributed by atoms with Gasteiger partial charge in [-0.3, -0.25) is 4.79 Å². The molecule has 0 fully saturated rings. The van der Waals surface area contributed by atoms with Crippen LogP contribution in [0.15, 0.2) is 92.0 Å². The molecule has 0 aromatic heterocycles. The molecule has 52 heavy (non-hydrogen) atoms. The molecule has 0 atom stereocenters. The van der Waals surface area contributed by atoms with Crippen LogP contribution in [0, 0.1) is 6.92 Å². The fourth-order valence-electron chi connectivity index (χ4n) is 4.06. The topological polar surface area (TPSA) is 176 Å². The third-order valence-corrected chi connectivity index (χ3v) is 6.68. The molecule has 0 saturated carbocycles. The van der Waals surface area contributed by atoms with Crippen molar-refractivity contribution in [1.82, 2.24) is 0 Å². The smallest absolute Gasteiger partial charge is 0.463 e. The Balaban J connectivity index is 1.37. The zero-order valence-corrected chi connectivity index (χ0v) is 28.5. The van der Waals surface area contributed by atoms with Gasteiger partial charge in [-0.15, -0.1) is 0 Å². The predicted molar refractivity (Wildman–Crippen MR) is 183 cm³/mol. The first-order chi connectivity index (χ1) is 25.1. The molecule has 0 amide bonds. The molecule has 0 unspecified atom stereocenters. The van der Waals surface area contributed by atoms with E-state index in [9.17, 15) is 28.8 Å². The number of ether oxygens (including phenoxy) is 8. The van der Waals surface area contributed by atoms with E-state index in [1.165, 1.54) is 48.5 Å². The number of esters is 4. The molecule has 0 bridgehead atoms. The molecular formula is C38H38O14. The first-order valence-corrected chi connectivity index (χ1v) is 16.1. The molecule has 3 aromatic carbocycles. The minimum absolute atomic E-state index is 0.0657. The van der Waals surface area contributed by atoms with E-state index in [1.807, 2.05) is 0 Å². The van der Waals surface area contributed by atoms with Crippen molar-refractivity contribution in [3.05, 3.63) is 109 Å². The molecule has 0 aliphatic rings. The van der Waals surface area contributed by atoms with Gasteiger partial charge in [-0.2, -0.15) is 0 Å². The van der Waals surface area contributed by atoms with Crippen molar-refractivity contribution in [3.8, 4) is 23.0 Å². The Morgan fingerprint density at radius 2 is 1.02 bits per heavy atom. The van der Waals surface area contributed by atoms with Crippen LogP contribution in [-0.4, -0.2) is 62.6 Å². The Morgan fingerprint density at radius 1 is 0.558 bits per heavy atom. The van der Waals surface area contributed by atoms with E-state index < -0.39 is 36.2 Å². The molecule has 0 radical (unpaired) electrons. The second-order valence-corrected chi connectivity index (χ2v) is 10.7. The van der Waals surface area contributed by atoms with Crippen molar-refractivity contribution in [1.29, 1.82) is 0 Å². The summed E-state index contributed by atoms with van der Waals surface area (Å²) in [7, 11) is 0. The highest BCUT2D eigenvalue weighted by molar-refractivity contribution is 5.91. The summed E-state index contributed by atoms with van der Waals surface area (Å²) in [5, 5.41) is 0. The van der Waals surface area contributed by atoms with Crippen molar-refractivity contribution in [3.63, 3.8) is 0 Å². The van der Waals surface area contributed by atoms with E-state index in [2.05, 4.69) is 13.2 Å². The van der Waals surface area contributed by atoms with Crippen molar-refractivity contribution in [2.75, 3.05) is 26.4 Å². The Bertz CT molecular complexity index is 1710. The van der Waals surface area contributed by atoms with Gasteiger partial charge in [-0.05, 0) is 98.3 Å². The molecule has 0 spiro atoms. The second-order valence-electron chi connectivity index (χ2n) is 10.7. The van der Waals surface area contributed by atoms with Crippen LogP contribution in [0.25, 0.3) is 0 Å². The summed E-state index contributed by atoms with van der Waals surface area (Å²) in [5.74, 6) is -1.38. The highest BCUT2D eigenvalue weighted by Crippen LogP contribution is 2.25. The highest BCUT2D eigenvalue weighted by atomic mass is 16.7. The van der Waals surface area contributed by atoms with Crippen LogP contribution in [0.5, 0.6) is 23.0 Å². The van der Waals surface area contributed by atoms with Gasteiger partial charge < -0.3 is 37.9 Å². The molecule has 0 saturated heterocycles. The molecule has 0 aliphatic heterocycles. The number of hydrogen-bond donors (Lipinski definition) is 0. The molecule has 3 aromatic rings. The standard InChI is InChI=1S/C38H38O14/c1-4-33(39)45-20-6-8-22-47-37(43)50-29-14-10-27(11-15-29)25-35(41)52-32-19-18-31(24-26(32)3)49-36(42)28-12-16-30(17-13-28)51-38(44)48-23-9-7-21-46-34(40)5-2/h4-5,10-19,24H,1-2,6-9,20-23,25H2,3H3. The number of hydrogen-bond acceptors (Lipinski definition) is 14. The maximum absolute atomic E-state index is 12.7. The zero-order chi connectivity index (χ0) is 37.7. The summed E-state index contributed by atoms with van der Waals surface area (Å²) < 4.78 is 40.8. The van der Waals surface area contributed by atoms with Crippen molar-refractivity contribution >= 4 is 36.2 Å². The van der Waals surface area contributed by atoms with Gasteiger partial charge in [0, 0.05) is 12.2 Å². The second kappa shape index (κ2) is 21.6. The highest BCUT2D eigenvalue weighted by Gasteiger charge is 2.14. The third-order valence-electron chi connectivity index (χ3n) is 6.68. The summed E-state index contributed by atoms with van der Waals surface area (Å²) in [6, 6.07) is 16.4. The summed E-state index contributed by atoms with van der Waals surface area (Å²) in [5.41, 5.74) is 1.34. The van der Waals surface area contributed by atoms with Crippen LogP contribution in [0.2, 0.25) is 0 Å². The Hall–Kier alpha value is -6.44. The number of carbonyl (C=O) groups is 6. The lowest BCUT2D eigenvalue weighted by atomic mass is 10.1.